The van der Waals surface area contributed by atoms with Crippen LogP contribution in [0, 0.1) is 29.6 Å². The normalized spacial score (nSPS) is 20.5. The molecule has 2 aliphatic rings. The van der Waals surface area contributed by atoms with E-state index < -0.39 is 16.7 Å². The van der Waals surface area contributed by atoms with Crippen molar-refractivity contribution in [2.24, 2.45) is 11.3 Å². The van der Waals surface area contributed by atoms with Crippen molar-refractivity contribution in [1.29, 1.82) is 5.26 Å². The van der Waals surface area contributed by atoms with Crippen LogP contribution in [0.1, 0.15) is 44.7 Å². The van der Waals surface area contributed by atoms with Gasteiger partial charge in [0.05, 0.1) is 22.4 Å². The SMILES string of the molecule is CNC(C1CCN(c2ccc3c(=O)n(N)c(=O)n(C4CC4)c3c2C)C1)C(C)(C)C#N. The van der Waals surface area contributed by atoms with Crippen molar-refractivity contribution in [3.05, 3.63) is 38.5 Å². The average Bonchev–Trinajstić information content (AvgIpc) is 3.45. The van der Waals surface area contributed by atoms with Gasteiger partial charge in [0.2, 0.25) is 0 Å². The number of fused-ring (bicyclic) bond motifs is 1. The summed E-state index contributed by atoms with van der Waals surface area (Å²) >= 11 is 0. The first-order valence-corrected chi connectivity index (χ1v) is 10.6. The molecule has 1 saturated carbocycles. The van der Waals surface area contributed by atoms with Crippen molar-refractivity contribution >= 4 is 16.6 Å². The standard InChI is InChI=1S/C22H30N6O2/c1-13-17(26-10-9-14(11-26)19(25-4)22(2,3)12-23)8-7-16-18(13)27(15-5-6-15)21(30)28(24)20(16)29/h7-8,14-15,19,25H,5-6,9-11,24H2,1-4H3. The molecule has 8 nitrogen and oxygen atoms in total. The van der Waals surface area contributed by atoms with Gasteiger partial charge in [-0.1, -0.05) is 0 Å². The summed E-state index contributed by atoms with van der Waals surface area (Å²) in [7, 11) is 1.92. The number of aryl methyl sites for hydroxylation is 1. The van der Waals surface area contributed by atoms with Crippen LogP contribution in [0.25, 0.3) is 10.9 Å². The molecule has 2 atom stereocenters. The average molecular weight is 411 g/mol. The van der Waals surface area contributed by atoms with Crippen LogP contribution in [-0.2, 0) is 0 Å². The lowest BCUT2D eigenvalue weighted by Crippen LogP contribution is -2.46. The van der Waals surface area contributed by atoms with Gasteiger partial charge in [0.1, 0.15) is 0 Å². The van der Waals surface area contributed by atoms with E-state index in [1.54, 1.807) is 10.6 Å². The number of aromatic nitrogens is 2. The largest absolute Gasteiger partial charge is 0.371 e. The predicted molar refractivity (Wildman–Crippen MR) is 118 cm³/mol. The van der Waals surface area contributed by atoms with E-state index in [2.05, 4.69) is 16.3 Å². The maximum absolute atomic E-state index is 12.7. The van der Waals surface area contributed by atoms with E-state index in [0.717, 1.165) is 48.3 Å². The first-order valence-electron chi connectivity index (χ1n) is 10.6. The monoisotopic (exact) mass is 410 g/mol. The van der Waals surface area contributed by atoms with Gasteiger partial charge in [0.25, 0.3) is 5.56 Å². The summed E-state index contributed by atoms with van der Waals surface area (Å²) in [6.45, 7) is 7.63. The molecule has 160 valence electrons. The molecule has 30 heavy (non-hydrogen) atoms. The lowest BCUT2D eigenvalue weighted by molar-refractivity contribution is 0.253. The highest BCUT2D eigenvalue weighted by atomic mass is 16.2. The fraction of sp³-hybridized carbons (Fsp3) is 0.591. The summed E-state index contributed by atoms with van der Waals surface area (Å²) in [5.74, 6) is 6.11. The Balaban J connectivity index is 1.77. The number of rotatable bonds is 5. The van der Waals surface area contributed by atoms with Gasteiger partial charge >= 0.3 is 5.69 Å². The van der Waals surface area contributed by atoms with Crippen molar-refractivity contribution in [3.63, 3.8) is 0 Å². The number of nitrogen functional groups attached to an aromatic ring is 1. The molecule has 8 heteroatoms. The third kappa shape index (κ3) is 3.08. The Morgan fingerprint density at radius 3 is 2.57 bits per heavy atom. The van der Waals surface area contributed by atoms with Crippen LogP contribution in [0.15, 0.2) is 21.7 Å². The number of nitriles is 1. The van der Waals surface area contributed by atoms with Crippen LogP contribution < -0.4 is 27.3 Å². The van der Waals surface area contributed by atoms with E-state index in [0.29, 0.717) is 16.8 Å². The van der Waals surface area contributed by atoms with Crippen molar-refractivity contribution in [2.75, 3.05) is 30.9 Å². The highest BCUT2D eigenvalue weighted by Crippen LogP contribution is 2.39. The molecule has 1 aliphatic heterocycles. The third-order valence-corrected chi connectivity index (χ3v) is 6.83. The zero-order valence-electron chi connectivity index (χ0n) is 18.1. The van der Waals surface area contributed by atoms with E-state index >= 15 is 0 Å². The Kier molecular flexibility index (Phi) is 4.89. The maximum Gasteiger partial charge on any atom is 0.350 e. The molecule has 4 rings (SSSR count). The first kappa shape index (κ1) is 20.5. The third-order valence-electron chi connectivity index (χ3n) is 6.83. The molecule has 1 aromatic heterocycles. The first-order chi connectivity index (χ1) is 14.2. The smallest absolute Gasteiger partial charge is 0.350 e. The van der Waals surface area contributed by atoms with Crippen LogP contribution in [0.3, 0.4) is 0 Å². The Morgan fingerprint density at radius 1 is 1.27 bits per heavy atom. The van der Waals surface area contributed by atoms with E-state index in [1.165, 1.54) is 0 Å². The zero-order chi connectivity index (χ0) is 21.8. The predicted octanol–water partition coefficient (Wildman–Crippen LogP) is 1.48. The summed E-state index contributed by atoms with van der Waals surface area (Å²) in [6.07, 6.45) is 2.83. The van der Waals surface area contributed by atoms with Gasteiger partial charge in [0.15, 0.2) is 0 Å². The van der Waals surface area contributed by atoms with Crippen molar-refractivity contribution in [3.8, 4) is 6.07 Å². The maximum atomic E-state index is 12.7. The quantitative estimate of drug-likeness (QED) is 0.723. The van der Waals surface area contributed by atoms with Gasteiger partial charge < -0.3 is 16.1 Å². The molecular weight excluding hydrogens is 380 g/mol. The van der Waals surface area contributed by atoms with Gasteiger partial charge in [0, 0.05) is 30.9 Å². The molecule has 3 N–H and O–H groups in total. The number of nitrogens with one attached hydrogen (secondary N) is 1. The van der Waals surface area contributed by atoms with E-state index in [4.69, 9.17) is 5.84 Å². The number of hydrogen-bond donors (Lipinski definition) is 2. The second kappa shape index (κ2) is 7.17. The lowest BCUT2D eigenvalue weighted by atomic mass is 9.78. The molecule has 0 amide bonds. The molecule has 2 aromatic rings. The molecule has 2 unspecified atom stereocenters. The van der Waals surface area contributed by atoms with Gasteiger partial charge in [-0.3, -0.25) is 9.36 Å². The van der Waals surface area contributed by atoms with Gasteiger partial charge in [-0.25, -0.2) is 4.79 Å². The Morgan fingerprint density at radius 2 is 1.97 bits per heavy atom. The summed E-state index contributed by atoms with van der Waals surface area (Å²) in [6, 6.07) is 6.39. The van der Waals surface area contributed by atoms with Crippen molar-refractivity contribution in [2.45, 2.75) is 52.1 Å². The summed E-state index contributed by atoms with van der Waals surface area (Å²) in [5, 5.41) is 13.4. The number of nitrogens with two attached hydrogens (primary N) is 1. The van der Waals surface area contributed by atoms with Gasteiger partial charge in [-0.2, -0.15) is 9.94 Å². The highest BCUT2D eigenvalue weighted by molar-refractivity contribution is 5.87. The van der Waals surface area contributed by atoms with Crippen molar-refractivity contribution < 1.29 is 0 Å². The highest BCUT2D eigenvalue weighted by Gasteiger charge is 2.39. The molecule has 0 radical (unpaired) electrons. The minimum absolute atomic E-state index is 0.0855. The zero-order valence-corrected chi connectivity index (χ0v) is 18.1. The molecule has 1 aliphatic carbocycles. The molecule has 1 saturated heterocycles. The van der Waals surface area contributed by atoms with Crippen LogP contribution >= 0.6 is 0 Å². The van der Waals surface area contributed by atoms with Gasteiger partial charge in [-0.15, -0.1) is 0 Å². The van der Waals surface area contributed by atoms with Crippen LogP contribution in [-0.4, -0.2) is 35.4 Å². The summed E-state index contributed by atoms with van der Waals surface area (Å²) in [5.41, 5.74) is 1.32. The van der Waals surface area contributed by atoms with Crippen LogP contribution in [0.4, 0.5) is 5.69 Å². The molecule has 1 aromatic carbocycles. The molecule has 2 fully saturated rings. The Labute approximate surface area is 175 Å². The fourth-order valence-electron chi connectivity index (χ4n) is 5.15. The Hall–Kier alpha value is -2.79. The van der Waals surface area contributed by atoms with E-state index in [-0.39, 0.29) is 12.1 Å². The minimum Gasteiger partial charge on any atom is -0.371 e. The minimum atomic E-state index is -0.466. The number of benzene rings is 1. The molecular formula is C22H30N6O2. The lowest BCUT2D eigenvalue weighted by Gasteiger charge is -2.33. The molecule has 0 bridgehead atoms. The van der Waals surface area contributed by atoms with Crippen LogP contribution in [0.5, 0.6) is 0 Å². The van der Waals surface area contributed by atoms with E-state index in [1.807, 2.05) is 33.9 Å². The second-order valence-corrected chi connectivity index (χ2v) is 9.26. The molecule has 2 heterocycles. The summed E-state index contributed by atoms with van der Waals surface area (Å²) in [4.78, 5) is 27.7. The number of hydrogen-bond acceptors (Lipinski definition) is 6. The summed E-state index contributed by atoms with van der Waals surface area (Å²) < 4.78 is 2.44. The number of anilines is 1. The Bertz CT molecular complexity index is 1150. The van der Waals surface area contributed by atoms with Crippen molar-refractivity contribution in [1.82, 2.24) is 14.6 Å². The fourth-order valence-corrected chi connectivity index (χ4v) is 5.15. The number of nitrogens with zero attached hydrogens (tertiary/aromatic N) is 4. The van der Waals surface area contributed by atoms with Crippen LogP contribution in [0.2, 0.25) is 0 Å². The van der Waals surface area contributed by atoms with E-state index in [9.17, 15) is 14.9 Å². The molecule has 0 spiro atoms. The second-order valence-electron chi connectivity index (χ2n) is 9.26. The van der Waals surface area contributed by atoms with Gasteiger partial charge in [-0.05, 0) is 70.7 Å². The topological polar surface area (TPSA) is 109 Å².